The third kappa shape index (κ3) is 2.18. The molecule has 2 rings (SSSR count). The molecule has 1 aromatic heterocycles. The number of rotatable bonds is 2. The third-order valence-corrected chi connectivity index (χ3v) is 4.15. The Labute approximate surface area is 103 Å². The van der Waals surface area contributed by atoms with Crippen LogP contribution in [0.3, 0.4) is 0 Å². The minimum absolute atomic E-state index is 0.229. The van der Waals surface area contributed by atoms with Gasteiger partial charge in [-0.3, -0.25) is 0 Å². The second-order valence-corrected chi connectivity index (χ2v) is 6.68. The Morgan fingerprint density at radius 1 is 1.24 bits per heavy atom. The smallest absolute Gasteiger partial charge is 0.0717 e. The van der Waals surface area contributed by atoms with E-state index < -0.39 is 0 Å². The zero-order valence-corrected chi connectivity index (χ0v) is 11.4. The Bertz CT molecular complexity index is 588. The van der Waals surface area contributed by atoms with E-state index in [9.17, 15) is 0 Å². The highest BCUT2D eigenvalue weighted by Crippen LogP contribution is 2.31. The second-order valence-electron chi connectivity index (χ2n) is 4.44. The van der Waals surface area contributed by atoms with E-state index in [4.69, 9.17) is 5.73 Å². The van der Waals surface area contributed by atoms with E-state index in [1.807, 2.05) is 25.1 Å². The number of hydrogen-bond donors (Lipinski definition) is 1. The lowest BCUT2D eigenvalue weighted by atomic mass is 10.1. The minimum atomic E-state index is -0.229. The zero-order chi connectivity index (χ0) is 12.6. The summed E-state index contributed by atoms with van der Waals surface area (Å²) in [7, 11) is -0.229. The van der Waals surface area contributed by atoms with Gasteiger partial charge in [-0.25, -0.2) is 4.98 Å². The maximum atomic E-state index is 6.06. The normalized spacial score (nSPS) is 11.1. The Balaban J connectivity index is 2.75. The van der Waals surface area contributed by atoms with Crippen molar-refractivity contribution in [2.45, 2.75) is 6.92 Å². The molecule has 0 spiro atoms. The predicted molar refractivity (Wildman–Crippen MR) is 79.3 cm³/mol. The van der Waals surface area contributed by atoms with Crippen molar-refractivity contribution in [3.05, 3.63) is 36.5 Å². The van der Waals surface area contributed by atoms with E-state index in [1.165, 1.54) is 10.7 Å². The second kappa shape index (κ2) is 4.46. The van der Waals surface area contributed by atoms with Crippen LogP contribution in [0.5, 0.6) is 0 Å². The molecule has 1 aromatic carbocycles. The molecule has 0 amide bonds. The van der Waals surface area contributed by atoms with E-state index in [0.717, 1.165) is 22.5 Å². The molecule has 0 aliphatic rings. The number of nitrogens with zero attached hydrogens (tertiary/aromatic N) is 1. The number of nitrogen functional groups attached to an aromatic ring is 1. The number of hydrogen-bond acceptors (Lipinski definition) is 2. The zero-order valence-electron chi connectivity index (χ0n) is 10.5. The van der Waals surface area contributed by atoms with Crippen LogP contribution in [0.4, 0.5) is 5.69 Å². The van der Waals surface area contributed by atoms with E-state index in [0.29, 0.717) is 0 Å². The molecule has 2 N–H and O–H groups in total. The average molecular weight is 244 g/mol. The van der Waals surface area contributed by atoms with Gasteiger partial charge in [0.05, 0.1) is 11.2 Å². The van der Waals surface area contributed by atoms with Gasteiger partial charge in [-0.05, 0) is 50.1 Å². The van der Waals surface area contributed by atoms with Crippen LogP contribution in [0.1, 0.15) is 12.6 Å². The van der Waals surface area contributed by atoms with Crippen molar-refractivity contribution in [3.63, 3.8) is 0 Å². The lowest BCUT2D eigenvalue weighted by Gasteiger charge is -2.13. The van der Waals surface area contributed by atoms with Crippen LogP contribution in [0.25, 0.3) is 16.5 Å². The molecule has 0 bridgehead atoms. The van der Waals surface area contributed by atoms with E-state index >= 15 is 0 Å². The molecule has 2 aromatic rings. The van der Waals surface area contributed by atoms with E-state index in [2.05, 4.69) is 31.0 Å². The molecule has 0 saturated carbocycles. The molecule has 17 heavy (non-hydrogen) atoms. The summed E-state index contributed by atoms with van der Waals surface area (Å²) in [5.41, 5.74) is 9.87. The van der Waals surface area contributed by atoms with Crippen LogP contribution >= 0.6 is 7.92 Å². The molecule has 0 saturated heterocycles. The van der Waals surface area contributed by atoms with Crippen molar-refractivity contribution in [3.8, 4) is 0 Å². The van der Waals surface area contributed by atoms with Crippen molar-refractivity contribution < 1.29 is 0 Å². The summed E-state index contributed by atoms with van der Waals surface area (Å²) in [5.74, 6) is 0. The highest BCUT2D eigenvalue weighted by Gasteiger charge is 2.10. The first-order chi connectivity index (χ1) is 8.00. The SMILES string of the molecule is C=C(C)c1ccc2c(P(C)C)c(N)ccc2n1. The number of nitrogens with two attached hydrogens (primary N) is 1. The summed E-state index contributed by atoms with van der Waals surface area (Å²) >= 11 is 0. The number of allylic oxidation sites excluding steroid dienone is 1. The van der Waals surface area contributed by atoms with Crippen molar-refractivity contribution in [1.29, 1.82) is 0 Å². The summed E-state index contributed by atoms with van der Waals surface area (Å²) in [5, 5.41) is 2.42. The van der Waals surface area contributed by atoms with Crippen LogP contribution < -0.4 is 11.0 Å². The van der Waals surface area contributed by atoms with Crippen LogP contribution in [-0.4, -0.2) is 18.3 Å². The Morgan fingerprint density at radius 3 is 2.53 bits per heavy atom. The molecule has 1 heterocycles. The quantitative estimate of drug-likeness (QED) is 0.650. The lowest BCUT2D eigenvalue weighted by Crippen LogP contribution is -2.09. The van der Waals surface area contributed by atoms with Crippen molar-refractivity contribution in [2.24, 2.45) is 0 Å². The molecule has 0 unspecified atom stereocenters. The number of pyridine rings is 1. The number of aromatic nitrogens is 1. The van der Waals surface area contributed by atoms with Gasteiger partial charge in [0.15, 0.2) is 0 Å². The van der Waals surface area contributed by atoms with Gasteiger partial charge >= 0.3 is 0 Å². The number of benzene rings is 1. The maximum absolute atomic E-state index is 6.06. The predicted octanol–water partition coefficient (Wildman–Crippen LogP) is 3.22. The largest absolute Gasteiger partial charge is 0.398 e. The number of fused-ring (bicyclic) bond motifs is 1. The summed E-state index contributed by atoms with van der Waals surface area (Å²) in [6.07, 6.45) is 0. The molecular weight excluding hydrogens is 227 g/mol. The summed E-state index contributed by atoms with van der Waals surface area (Å²) in [6.45, 7) is 10.3. The monoisotopic (exact) mass is 244 g/mol. The van der Waals surface area contributed by atoms with Crippen molar-refractivity contribution >= 4 is 35.4 Å². The molecule has 88 valence electrons. The van der Waals surface area contributed by atoms with Gasteiger partial charge in [0.25, 0.3) is 0 Å². The first kappa shape index (κ1) is 12.1. The minimum Gasteiger partial charge on any atom is -0.398 e. The Morgan fingerprint density at radius 2 is 1.94 bits per heavy atom. The lowest BCUT2D eigenvalue weighted by molar-refractivity contribution is 1.34. The van der Waals surface area contributed by atoms with Gasteiger partial charge in [-0.15, -0.1) is 0 Å². The third-order valence-electron chi connectivity index (χ3n) is 2.76. The molecule has 0 aliphatic heterocycles. The van der Waals surface area contributed by atoms with Crippen LogP contribution in [0.2, 0.25) is 0 Å². The molecule has 3 heteroatoms. The van der Waals surface area contributed by atoms with Crippen LogP contribution in [0.15, 0.2) is 30.8 Å². The average Bonchev–Trinajstić information content (AvgIpc) is 2.27. The Kier molecular flexibility index (Phi) is 3.17. The molecule has 0 fully saturated rings. The molecule has 0 radical (unpaired) electrons. The molecule has 0 aliphatic carbocycles. The fraction of sp³-hybridized carbons (Fsp3) is 0.214. The fourth-order valence-corrected chi connectivity index (χ4v) is 3.20. The molecule has 2 nitrogen and oxygen atoms in total. The standard InChI is InChI=1S/C14H17N2P/c1-9(2)12-7-5-10-13(16-12)8-6-11(15)14(10)17(3)4/h5-8H,1,15H2,2-4H3. The highest BCUT2D eigenvalue weighted by molar-refractivity contribution is 7.65. The molecule has 0 atom stereocenters. The van der Waals surface area contributed by atoms with Gasteiger partial charge < -0.3 is 5.73 Å². The Hall–Kier alpha value is -1.40. The van der Waals surface area contributed by atoms with E-state index in [-0.39, 0.29) is 7.92 Å². The maximum Gasteiger partial charge on any atom is 0.0717 e. The highest BCUT2D eigenvalue weighted by atomic mass is 31.1. The first-order valence-electron chi connectivity index (χ1n) is 5.53. The van der Waals surface area contributed by atoms with Gasteiger partial charge in [-0.2, -0.15) is 0 Å². The van der Waals surface area contributed by atoms with Gasteiger partial charge in [0, 0.05) is 16.4 Å². The van der Waals surface area contributed by atoms with Gasteiger partial charge in [0.1, 0.15) is 0 Å². The van der Waals surface area contributed by atoms with Gasteiger partial charge in [0.2, 0.25) is 0 Å². The summed E-state index contributed by atoms with van der Waals surface area (Å²) in [6, 6.07) is 8.07. The fourth-order valence-electron chi connectivity index (χ4n) is 1.94. The van der Waals surface area contributed by atoms with Crippen molar-refractivity contribution in [2.75, 3.05) is 19.1 Å². The van der Waals surface area contributed by atoms with E-state index in [1.54, 1.807) is 0 Å². The summed E-state index contributed by atoms with van der Waals surface area (Å²) < 4.78 is 0. The van der Waals surface area contributed by atoms with Crippen LogP contribution in [-0.2, 0) is 0 Å². The van der Waals surface area contributed by atoms with Gasteiger partial charge in [-0.1, -0.05) is 14.5 Å². The summed E-state index contributed by atoms with van der Waals surface area (Å²) in [4.78, 5) is 4.61. The van der Waals surface area contributed by atoms with Crippen LogP contribution in [0, 0.1) is 0 Å². The first-order valence-corrected chi connectivity index (χ1v) is 7.76. The molecular formula is C14H17N2P. The van der Waals surface area contributed by atoms with Crippen molar-refractivity contribution in [1.82, 2.24) is 4.98 Å². The topological polar surface area (TPSA) is 38.9 Å². The number of anilines is 1.